The highest BCUT2D eigenvalue weighted by molar-refractivity contribution is 5.36. The molecule has 0 bridgehead atoms. The van der Waals surface area contributed by atoms with Gasteiger partial charge in [0.25, 0.3) is 5.56 Å². The summed E-state index contributed by atoms with van der Waals surface area (Å²) in [6, 6.07) is 0. The van der Waals surface area contributed by atoms with Gasteiger partial charge in [0.2, 0.25) is 0 Å². The van der Waals surface area contributed by atoms with Gasteiger partial charge in [0, 0.05) is 37.4 Å². The number of rotatable bonds is 1. The maximum absolute atomic E-state index is 11.8. The van der Waals surface area contributed by atoms with E-state index in [1.54, 1.807) is 12.4 Å². The summed E-state index contributed by atoms with van der Waals surface area (Å²) in [4.78, 5) is 20.9. The quantitative estimate of drug-likeness (QED) is 0.769. The second-order valence-electron chi connectivity index (χ2n) is 5.55. The molecule has 2 saturated heterocycles. The minimum Gasteiger partial charge on any atom is -0.351 e. The number of anilines is 1. The van der Waals surface area contributed by atoms with Gasteiger partial charge in [-0.15, -0.1) is 0 Å². The summed E-state index contributed by atoms with van der Waals surface area (Å²) in [6.07, 6.45) is 8.18. The van der Waals surface area contributed by atoms with Crippen LogP contribution in [-0.4, -0.2) is 36.1 Å². The smallest absolute Gasteiger partial charge is 0.290 e. The van der Waals surface area contributed by atoms with E-state index >= 15 is 0 Å². The molecule has 1 aromatic rings. The molecule has 1 aromatic heterocycles. The fourth-order valence-electron chi connectivity index (χ4n) is 3.34. The zero-order valence-electron chi connectivity index (χ0n) is 10.6. The van der Waals surface area contributed by atoms with Gasteiger partial charge in [-0.25, -0.2) is 4.98 Å². The standard InChI is InChI=1S/C13H20N4O/c18-12-11(15-6-7-16-12)17-8-2-4-13(10-17)3-1-5-14-9-13/h6-7,14H,1-5,8-10H2,(H,16,18). The average molecular weight is 248 g/mol. The molecular formula is C13H20N4O. The van der Waals surface area contributed by atoms with E-state index in [2.05, 4.69) is 20.2 Å². The fourth-order valence-corrected chi connectivity index (χ4v) is 3.34. The van der Waals surface area contributed by atoms with Crippen molar-refractivity contribution in [2.45, 2.75) is 25.7 Å². The molecule has 0 aromatic carbocycles. The molecule has 0 saturated carbocycles. The fraction of sp³-hybridized carbons (Fsp3) is 0.692. The Morgan fingerprint density at radius 1 is 1.33 bits per heavy atom. The summed E-state index contributed by atoms with van der Waals surface area (Å²) in [6.45, 7) is 4.11. The maximum Gasteiger partial charge on any atom is 0.290 e. The maximum atomic E-state index is 11.8. The van der Waals surface area contributed by atoms with E-state index in [9.17, 15) is 4.79 Å². The number of hydrogen-bond acceptors (Lipinski definition) is 4. The third kappa shape index (κ3) is 2.14. The van der Waals surface area contributed by atoms with Crippen molar-refractivity contribution in [1.29, 1.82) is 0 Å². The monoisotopic (exact) mass is 248 g/mol. The molecule has 2 N–H and O–H groups in total. The van der Waals surface area contributed by atoms with Crippen LogP contribution in [0.1, 0.15) is 25.7 Å². The lowest BCUT2D eigenvalue weighted by Gasteiger charge is -2.45. The van der Waals surface area contributed by atoms with E-state index in [1.807, 2.05) is 0 Å². The van der Waals surface area contributed by atoms with E-state index < -0.39 is 0 Å². The van der Waals surface area contributed by atoms with Crippen molar-refractivity contribution in [2.24, 2.45) is 5.41 Å². The molecule has 1 atom stereocenters. The number of H-pyrrole nitrogens is 1. The van der Waals surface area contributed by atoms with Crippen molar-refractivity contribution in [1.82, 2.24) is 15.3 Å². The molecule has 3 rings (SSSR count). The lowest BCUT2D eigenvalue weighted by atomic mass is 9.74. The highest BCUT2D eigenvalue weighted by Crippen LogP contribution is 2.36. The first kappa shape index (κ1) is 11.7. The Bertz CT molecular complexity index is 459. The van der Waals surface area contributed by atoms with Crippen molar-refractivity contribution in [3.8, 4) is 0 Å². The van der Waals surface area contributed by atoms with E-state index in [1.165, 1.54) is 19.3 Å². The molecule has 5 heteroatoms. The van der Waals surface area contributed by atoms with Crippen LogP contribution in [0.15, 0.2) is 17.2 Å². The van der Waals surface area contributed by atoms with Crippen LogP contribution in [0.3, 0.4) is 0 Å². The summed E-state index contributed by atoms with van der Waals surface area (Å²) in [5.41, 5.74) is 0.277. The summed E-state index contributed by atoms with van der Waals surface area (Å²) >= 11 is 0. The number of aromatic nitrogens is 2. The molecule has 18 heavy (non-hydrogen) atoms. The molecule has 0 amide bonds. The van der Waals surface area contributed by atoms with E-state index in [0.717, 1.165) is 32.6 Å². The van der Waals surface area contributed by atoms with Crippen LogP contribution < -0.4 is 15.8 Å². The first-order chi connectivity index (χ1) is 8.79. The molecule has 2 fully saturated rings. The molecule has 0 aliphatic carbocycles. The van der Waals surface area contributed by atoms with Crippen molar-refractivity contribution in [2.75, 3.05) is 31.1 Å². The lowest BCUT2D eigenvalue weighted by molar-refractivity contribution is 0.172. The van der Waals surface area contributed by atoms with Crippen LogP contribution in [0.5, 0.6) is 0 Å². The van der Waals surface area contributed by atoms with Crippen LogP contribution >= 0.6 is 0 Å². The molecule has 5 nitrogen and oxygen atoms in total. The predicted octanol–water partition coefficient (Wildman–Crippen LogP) is 0.740. The molecular weight excluding hydrogens is 228 g/mol. The Morgan fingerprint density at radius 2 is 2.22 bits per heavy atom. The van der Waals surface area contributed by atoms with Gasteiger partial charge in [-0.1, -0.05) is 0 Å². The Kier molecular flexibility index (Phi) is 3.07. The van der Waals surface area contributed by atoms with Gasteiger partial charge in [-0.05, 0) is 32.2 Å². The SMILES string of the molecule is O=c1[nH]ccnc1N1CCCC2(CCCNC2)C1. The average Bonchev–Trinajstić information content (AvgIpc) is 2.40. The normalized spacial score (nSPS) is 28.6. The summed E-state index contributed by atoms with van der Waals surface area (Å²) < 4.78 is 0. The van der Waals surface area contributed by atoms with E-state index in [4.69, 9.17) is 0 Å². The summed E-state index contributed by atoms with van der Waals surface area (Å²) in [7, 11) is 0. The number of piperidine rings is 2. The Balaban J connectivity index is 1.82. The molecule has 1 unspecified atom stereocenters. The second-order valence-corrected chi connectivity index (χ2v) is 5.55. The van der Waals surface area contributed by atoms with Gasteiger partial charge in [-0.3, -0.25) is 4.79 Å². The van der Waals surface area contributed by atoms with Gasteiger partial charge in [0.1, 0.15) is 0 Å². The number of hydrogen-bond donors (Lipinski definition) is 2. The van der Waals surface area contributed by atoms with E-state index in [-0.39, 0.29) is 5.56 Å². The number of nitrogens with one attached hydrogen (secondary N) is 2. The molecule has 98 valence electrons. The van der Waals surface area contributed by atoms with Crippen molar-refractivity contribution in [3.63, 3.8) is 0 Å². The van der Waals surface area contributed by atoms with Crippen molar-refractivity contribution < 1.29 is 0 Å². The van der Waals surface area contributed by atoms with Crippen molar-refractivity contribution in [3.05, 3.63) is 22.7 Å². The number of nitrogens with zero attached hydrogens (tertiary/aromatic N) is 2. The van der Waals surface area contributed by atoms with Crippen molar-refractivity contribution >= 4 is 5.82 Å². The van der Waals surface area contributed by atoms with Gasteiger partial charge < -0.3 is 15.2 Å². The highest BCUT2D eigenvalue weighted by Gasteiger charge is 2.37. The zero-order chi connectivity index (χ0) is 12.4. The first-order valence-corrected chi connectivity index (χ1v) is 6.79. The van der Waals surface area contributed by atoms with Crippen LogP contribution in [0.4, 0.5) is 5.82 Å². The molecule has 2 aliphatic rings. The Morgan fingerprint density at radius 3 is 3.00 bits per heavy atom. The van der Waals surface area contributed by atoms with Gasteiger partial charge in [-0.2, -0.15) is 0 Å². The van der Waals surface area contributed by atoms with Gasteiger partial charge in [0.15, 0.2) is 5.82 Å². The molecule has 3 heterocycles. The summed E-state index contributed by atoms with van der Waals surface area (Å²) in [5, 5.41) is 3.50. The van der Waals surface area contributed by atoms with E-state index in [0.29, 0.717) is 11.2 Å². The molecule has 1 spiro atoms. The van der Waals surface area contributed by atoms with Crippen LogP contribution in [0.25, 0.3) is 0 Å². The Labute approximate surface area is 107 Å². The van der Waals surface area contributed by atoms with Gasteiger partial charge in [0.05, 0.1) is 0 Å². The summed E-state index contributed by atoms with van der Waals surface area (Å²) in [5.74, 6) is 0.585. The molecule has 2 aliphatic heterocycles. The zero-order valence-corrected chi connectivity index (χ0v) is 10.6. The third-order valence-corrected chi connectivity index (χ3v) is 4.21. The predicted molar refractivity (Wildman–Crippen MR) is 70.8 cm³/mol. The van der Waals surface area contributed by atoms with Crippen LogP contribution in [0, 0.1) is 5.41 Å². The minimum absolute atomic E-state index is 0.0710. The lowest BCUT2D eigenvalue weighted by Crippen LogP contribution is -2.52. The first-order valence-electron chi connectivity index (χ1n) is 6.79. The number of aromatic amines is 1. The minimum atomic E-state index is -0.0710. The van der Waals surface area contributed by atoms with Crippen LogP contribution in [-0.2, 0) is 0 Å². The highest BCUT2D eigenvalue weighted by atomic mass is 16.1. The topological polar surface area (TPSA) is 61.0 Å². The third-order valence-electron chi connectivity index (χ3n) is 4.21. The van der Waals surface area contributed by atoms with Gasteiger partial charge >= 0.3 is 0 Å². The largest absolute Gasteiger partial charge is 0.351 e. The Hall–Kier alpha value is -1.36. The molecule has 0 radical (unpaired) electrons. The second kappa shape index (κ2) is 4.72. The van der Waals surface area contributed by atoms with Crippen LogP contribution in [0.2, 0.25) is 0 Å².